The molecule has 3 N–H and O–H groups in total. The molecule has 1 amide bonds. The summed E-state index contributed by atoms with van der Waals surface area (Å²) in [4.78, 5) is 13.2. The third-order valence-corrected chi connectivity index (χ3v) is 2.36. The van der Waals surface area contributed by atoms with Crippen molar-refractivity contribution in [1.29, 1.82) is 0 Å². The molecule has 4 heteroatoms. The quantitative estimate of drug-likeness (QED) is 0.620. The predicted octanol–water partition coefficient (Wildman–Crippen LogP) is 0.202. The van der Waals surface area contributed by atoms with Crippen LogP contribution in [0.3, 0.4) is 0 Å². The van der Waals surface area contributed by atoms with E-state index in [1.54, 1.807) is 4.90 Å². The molecule has 0 saturated carbocycles. The summed E-state index contributed by atoms with van der Waals surface area (Å²) in [5.74, 6) is 0.508. The predicted molar refractivity (Wildman–Crippen MR) is 56.8 cm³/mol. The summed E-state index contributed by atoms with van der Waals surface area (Å²) in [6.07, 6.45) is 1.36. The van der Waals surface area contributed by atoms with Crippen LogP contribution in [0, 0.1) is 5.92 Å². The molecule has 1 unspecified atom stereocenters. The summed E-state index contributed by atoms with van der Waals surface area (Å²) in [5.41, 5.74) is 5.46. The van der Waals surface area contributed by atoms with E-state index in [4.69, 9.17) is 10.8 Å². The molecule has 0 saturated heterocycles. The minimum Gasteiger partial charge on any atom is -0.395 e. The maximum Gasteiger partial charge on any atom is 0.222 e. The zero-order valence-corrected chi connectivity index (χ0v) is 9.20. The van der Waals surface area contributed by atoms with Gasteiger partial charge < -0.3 is 15.7 Å². The van der Waals surface area contributed by atoms with Gasteiger partial charge in [0.1, 0.15) is 0 Å². The second-order valence-corrected chi connectivity index (χ2v) is 3.58. The van der Waals surface area contributed by atoms with E-state index in [0.717, 1.165) is 6.42 Å². The van der Waals surface area contributed by atoms with Gasteiger partial charge in [-0.15, -0.1) is 0 Å². The highest BCUT2D eigenvalue weighted by molar-refractivity contribution is 5.76. The summed E-state index contributed by atoms with van der Waals surface area (Å²) in [6, 6.07) is 0. The molecular weight excluding hydrogens is 180 g/mol. The molecule has 0 aromatic rings. The van der Waals surface area contributed by atoms with E-state index in [1.165, 1.54) is 0 Å². The number of nitrogens with zero attached hydrogens (tertiary/aromatic N) is 1. The van der Waals surface area contributed by atoms with Crippen LogP contribution in [-0.4, -0.2) is 42.2 Å². The number of carbonyl (C=O) groups is 1. The van der Waals surface area contributed by atoms with Gasteiger partial charge in [0.15, 0.2) is 0 Å². The van der Waals surface area contributed by atoms with Gasteiger partial charge in [0.2, 0.25) is 5.91 Å². The van der Waals surface area contributed by atoms with E-state index in [1.807, 2.05) is 13.8 Å². The van der Waals surface area contributed by atoms with Crippen LogP contribution < -0.4 is 5.73 Å². The third kappa shape index (κ3) is 5.19. The van der Waals surface area contributed by atoms with E-state index in [-0.39, 0.29) is 12.5 Å². The van der Waals surface area contributed by atoms with Crippen molar-refractivity contribution in [1.82, 2.24) is 4.90 Å². The number of hydrogen-bond donors (Lipinski definition) is 2. The average molecular weight is 202 g/mol. The molecule has 4 nitrogen and oxygen atoms in total. The Kier molecular flexibility index (Phi) is 7.42. The first-order valence-corrected chi connectivity index (χ1v) is 5.24. The first kappa shape index (κ1) is 13.4. The fraction of sp³-hybridized carbons (Fsp3) is 0.900. The number of carbonyl (C=O) groups excluding carboxylic acids is 1. The molecule has 0 heterocycles. The Labute approximate surface area is 86.1 Å². The van der Waals surface area contributed by atoms with E-state index >= 15 is 0 Å². The molecule has 0 bridgehead atoms. The van der Waals surface area contributed by atoms with Crippen LogP contribution in [0.5, 0.6) is 0 Å². The maximum absolute atomic E-state index is 11.6. The second-order valence-electron chi connectivity index (χ2n) is 3.58. The van der Waals surface area contributed by atoms with Crippen molar-refractivity contribution in [2.45, 2.75) is 26.7 Å². The van der Waals surface area contributed by atoms with Gasteiger partial charge in [0, 0.05) is 19.5 Å². The molecule has 0 aliphatic heterocycles. The summed E-state index contributed by atoms with van der Waals surface area (Å²) < 4.78 is 0. The second kappa shape index (κ2) is 7.76. The fourth-order valence-electron chi connectivity index (χ4n) is 1.23. The lowest BCUT2D eigenvalue weighted by molar-refractivity contribution is -0.131. The van der Waals surface area contributed by atoms with Gasteiger partial charge >= 0.3 is 0 Å². The third-order valence-electron chi connectivity index (χ3n) is 2.36. The van der Waals surface area contributed by atoms with Crippen LogP contribution in [0.1, 0.15) is 26.7 Å². The van der Waals surface area contributed by atoms with Crippen molar-refractivity contribution in [3.8, 4) is 0 Å². The van der Waals surface area contributed by atoms with Crippen LogP contribution in [0.25, 0.3) is 0 Å². The summed E-state index contributed by atoms with van der Waals surface area (Å²) >= 11 is 0. The number of rotatable bonds is 7. The van der Waals surface area contributed by atoms with Gasteiger partial charge in [-0.05, 0) is 25.8 Å². The molecule has 14 heavy (non-hydrogen) atoms. The van der Waals surface area contributed by atoms with Crippen molar-refractivity contribution in [3.05, 3.63) is 0 Å². The zero-order valence-electron chi connectivity index (χ0n) is 9.20. The summed E-state index contributed by atoms with van der Waals surface area (Å²) in [7, 11) is 0. The largest absolute Gasteiger partial charge is 0.395 e. The van der Waals surface area contributed by atoms with Gasteiger partial charge in [-0.2, -0.15) is 0 Å². The number of likely N-dealkylation sites (N-methyl/N-ethyl adjacent to an activating group) is 1. The number of nitrogens with two attached hydrogens (primary N) is 1. The van der Waals surface area contributed by atoms with Crippen molar-refractivity contribution >= 4 is 5.91 Å². The van der Waals surface area contributed by atoms with Crippen LogP contribution >= 0.6 is 0 Å². The van der Waals surface area contributed by atoms with E-state index in [2.05, 4.69) is 0 Å². The molecule has 0 radical (unpaired) electrons. The SMILES string of the molecule is CCN(CCO)C(=O)CCC(C)CN. The highest BCUT2D eigenvalue weighted by Crippen LogP contribution is 2.05. The monoisotopic (exact) mass is 202 g/mol. The maximum atomic E-state index is 11.6. The van der Waals surface area contributed by atoms with Crippen LogP contribution in [0.4, 0.5) is 0 Å². The Morgan fingerprint density at radius 1 is 1.57 bits per heavy atom. The van der Waals surface area contributed by atoms with Crippen LogP contribution in [-0.2, 0) is 4.79 Å². The molecule has 0 aromatic carbocycles. The minimum atomic E-state index is 0.0338. The van der Waals surface area contributed by atoms with E-state index in [0.29, 0.717) is 32.0 Å². The standard InChI is InChI=1S/C10H22N2O2/c1-3-12(6-7-13)10(14)5-4-9(2)8-11/h9,13H,3-8,11H2,1-2H3. The fourth-order valence-corrected chi connectivity index (χ4v) is 1.23. The van der Waals surface area contributed by atoms with Crippen molar-refractivity contribution in [3.63, 3.8) is 0 Å². The minimum absolute atomic E-state index is 0.0338. The van der Waals surface area contributed by atoms with Gasteiger partial charge in [0.05, 0.1) is 6.61 Å². The van der Waals surface area contributed by atoms with Gasteiger partial charge in [0.25, 0.3) is 0 Å². The van der Waals surface area contributed by atoms with E-state index < -0.39 is 0 Å². The van der Waals surface area contributed by atoms with Crippen LogP contribution in [0.15, 0.2) is 0 Å². The molecule has 1 atom stereocenters. The lowest BCUT2D eigenvalue weighted by Gasteiger charge is -2.20. The molecule has 84 valence electrons. The van der Waals surface area contributed by atoms with Gasteiger partial charge in [-0.25, -0.2) is 0 Å². The molecule has 0 aromatic heterocycles. The first-order chi connectivity index (χ1) is 6.65. The Balaban J connectivity index is 3.80. The lowest BCUT2D eigenvalue weighted by atomic mass is 10.1. The Hall–Kier alpha value is -0.610. The number of amides is 1. The molecule has 0 spiro atoms. The first-order valence-electron chi connectivity index (χ1n) is 5.24. The average Bonchev–Trinajstić information content (AvgIpc) is 2.21. The molecule has 0 fully saturated rings. The lowest BCUT2D eigenvalue weighted by Crippen LogP contribution is -2.33. The molecule has 0 aliphatic rings. The van der Waals surface area contributed by atoms with Gasteiger partial charge in [-0.3, -0.25) is 4.79 Å². The zero-order chi connectivity index (χ0) is 11.0. The van der Waals surface area contributed by atoms with Crippen molar-refractivity contribution in [2.24, 2.45) is 11.7 Å². The number of hydrogen-bond acceptors (Lipinski definition) is 3. The number of aliphatic hydroxyl groups is 1. The smallest absolute Gasteiger partial charge is 0.222 e. The highest BCUT2D eigenvalue weighted by atomic mass is 16.3. The van der Waals surface area contributed by atoms with E-state index in [9.17, 15) is 4.79 Å². The topological polar surface area (TPSA) is 66.6 Å². The molecule has 0 aliphatic carbocycles. The Morgan fingerprint density at radius 2 is 2.21 bits per heavy atom. The highest BCUT2D eigenvalue weighted by Gasteiger charge is 2.11. The Morgan fingerprint density at radius 3 is 2.64 bits per heavy atom. The summed E-state index contributed by atoms with van der Waals surface area (Å²) in [5, 5.41) is 8.73. The van der Waals surface area contributed by atoms with Crippen molar-refractivity contribution in [2.75, 3.05) is 26.2 Å². The molecular formula is C10H22N2O2. The summed E-state index contributed by atoms with van der Waals surface area (Å²) in [6.45, 7) is 5.71. The molecule has 0 rings (SSSR count). The van der Waals surface area contributed by atoms with Crippen molar-refractivity contribution < 1.29 is 9.90 Å². The Bertz CT molecular complexity index is 162. The van der Waals surface area contributed by atoms with Gasteiger partial charge in [-0.1, -0.05) is 6.92 Å². The number of aliphatic hydroxyl groups excluding tert-OH is 1. The van der Waals surface area contributed by atoms with Crippen LogP contribution in [0.2, 0.25) is 0 Å². The normalized spacial score (nSPS) is 12.6.